The molecule has 6 heteroatoms. The molecular weight excluding hydrogens is 328 g/mol. The van der Waals surface area contributed by atoms with Crippen LogP contribution in [-0.4, -0.2) is 42.7 Å². The van der Waals surface area contributed by atoms with Crippen molar-refractivity contribution in [2.75, 3.05) is 37.0 Å². The van der Waals surface area contributed by atoms with Crippen molar-refractivity contribution >= 4 is 17.4 Å². The normalized spacial score (nSPS) is 13.5. The van der Waals surface area contributed by atoms with E-state index in [1.807, 2.05) is 24.3 Å². The van der Waals surface area contributed by atoms with Crippen molar-refractivity contribution in [3.8, 4) is 0 Å². The summed E-state index contributed by atoms with van der Waals surface area (Å²) in [6.07, 6.45) is 4.95. The minimum absolute atomic E-state index is 0.226. The molecule has 0 atom stereocenters. The molecule has 0 radical (unpaired) electrons. The van der Waals surface area contributed by atoms with Gasteiger partial charge in [0.15, 0.2) is 0 Å². The number of rotatable bonds is 9. The minimum atomic E-state index is -0.226. The Kier molecular flexibility index (Phi) is 6.17. The van der Waals surface area contributed by atoms with E-state index in [0.29, 0.717) is 12.3 Å². The van der Waals surface area contributed by atoms with Crippen molar-refractivity contribution < 1.29 is 9.53 Å². The van der Waals surface area contributed by atoms with Crippen LogP contribution in [0.1, 0.15) is 35.8 Å². The summed E-state index contributed by atoms with van der Waals surface area (Å²) in [5.41, 5.74) is 2.37. The fourth-order valence-electron chi connectivity index (χ4n) is 2.78. The summed E-state index contributed by atoms with van der Waals surface area (Å²) in [7, 11) is 1.69. The first kappa shape index (κ1) is 18.3. The number of anilines is 2. The summed E-state index contributed by atoms with van der Waals surface area (Å²) in [5, 5.41) is 2.90. The lowest BCUT2D eigenvalue weighted by Gasteiger charge is -2.23. The van der Waals surface area contributed by atoms with Crippen molar-refractivity contribution in [1.29, 1.82) is 0 Å². The van der Waals surface area contributed by atoms with Crippen molar-refractivity contribution in [2.24, 2.45) is 5.92 Å². The molecule has 0 bridgehead atoms. The first-order valence-corrected chi connectivity index (χ1v) is 9.15. The third-order valence-electron chi connectivity index (χ3n) is 4.57. The highest BCUT2D eigenvalue weighted by Gasteiger charge is 2.25. The van der Waals surface area contributed by atoms with E-state index >= 15 is 0 Å². The highest BCUT2D eigenvalue weighted by atomic mass is 16.5. The van der Waals surface area contributed by atoms with Crippen molar-refractivity contribution in [2.45, 2.75) is 26.2 Å². The van der Waals surface area contributed by atoms with Gasteiger partial charge in [-0.2, -0.15) is 0 Å². The van der Waals surface area contributed by atoms with Gasteiger partial charge < -0.3 is 15.0 Å². The summed E-state index contributed by atoms with van der Waals surface area (Å²) in [4.78, 5) is 23.2. The van der Waals surface area contributed by atoms with Crippen LogP contribution in [0.2, 0.25) is 0 Å². The van der Waals surface area contributed by atoms with Crippen LogP contribution in [0.4, 0.5) is 11.5 Å². The molecule has 1 aromatic heterocycles. The standard InChI is InChI=1S/C20H26N4O2/c1-3-15-6-8-17(9-7-15)23-20(25)18-12-19(22-14-21-18)24(10-11-26-2)13-16-4-5-16/h6-9,12,14,16H,3-5,10-11,13H2,1-2H3,(H,23,25). The molecule has 138 valence electrons. The highest BCUT2D eigenvalue weighted by molar-refractivity contribution is 6.03. The van der Waals surface area contributed by atoms with Gasteiger partial charge in [-0.05, 0) is 42.9 Å². The molecular formula is C20H26N4O2. The fourth-order valence-corrected chi connectivity index (χ4v) is 2.78. The summed E-state index contributed by atoms with van der Waals surface area (Å²) in [6, 6.07) is 9.62. The van der Waals surface area contributed by atoms with E-state index in [4.69, 9.17) is 4.74 Å². The number of amides is 1. The number of hydrogen-bond acceptors (Lipinski definition) is 5. The number of carbonyl (C=O) groups excluding carboxylic acids is 1. The number of ether oxygens (including phenoxy) is 1. The zero-order chi connectivity index (χ0) is 18.4. The zero-order valence-corrected chi connectivity index (χ0v) is 15.4. The van der Waals surface area contributed by atoms with Crippen LogP contribution >= 0.6 is 0 Å². The molecule has 1 fully saturated rings. The Bertz CT molecular complexity index is 729. The van der Waals surface area contributed by atoms with E-state index in [-0.39, 0.29) is 5.91 Å². The molecule has 2 aromatic rings. The Labute approximate surface area is 154 Å². The Balaban J connectivity index is 1.70. The van der Waals surface area contributed by atoms with Crippen LogP contribution in [0.5, 0.6) is 0 Å². The summed E-state index contributed by atoms with van der Waals surface area (Å²) < 4.78 is 5.21. The highest BCUT2D eigenvalue weighted by Crippen LogP contribution is 2.31. The number of aryl methyl sites for hydroxylation is 1. The number of benzene rings is 1. The maximum Gasteiger partial charge on any atom is 0.274 e. The van der Waals surface area contributed by atoms with E-state index in [1.54, 1.807) is 13.2 Å². The largest absolute Gasteiger partial charge is 0.383 e. The SMILES string of the molecule is CCc1ccc(NC(=O)c2cc(N(CCOC)CC3CC3)ncn2)cc1. The van der Waals surface area contributed by atoms with E-state index in [9.17, 15) is 4.79 Å². The molecule has 1 amide bonds. The van der Waals surface area contributed by atoms with Gasteiger partial charge in [-0.25, -0.2) is 9.97 Å². The number of carbonyl (C=O) groups is 1. The zero-order valence-electron chi connectivity index (χ0n) is 15.4. The smallest absolute Gasteiger partial charge is 0.274 e. The van der Waals surface area contributed by atoms with Crippen LogP contribution in [0, 0.1) is 5.92 Å². The van der Waals surface area contributed by atoms with Gasteiger partial charge in [0.25, 0.3) is 5.91 Å². The summed E-state index contributed by atoms with van der Waals surface area (Å²) in [6.45, 7) is 4.43. The second kappa shape index (κ2) is 8.76. The predicted molar refractivity (Wildman–Crippen MR) is 103 cm³/mol. The number of nitrogens with one attached hydrogen (secondary N) is 1. The second-order valence-electron chi connectivity index (χ2n) is 6.65. The second-order valence-corrected chi connectivity index (χ2v) is 6.65. The molecule has 1 aliphatic rings. The van der Waals surface area contributed by atoms with E-state index in [2.05, 4.69) is 27.1 Å². The Morgan fingerprint density at radius 2 is 2.04 bits per heavy atom. The van der Waals surface area contributed by atoms with Gasteiger partial charge in [0.1, 0.15) is 17.8 Å². The van der Waals surface area contributed by atoms with E-state index < -0.39 is 0 Å². The van der Waals surface area contributed by atoms with Crippen molar-refractivity contribution in [3.63, 3.8) is 0 Å². The topological polar surface area (TPSA) is 67.4 Å². The fraction of sp³-hybridized carbons (Fsp3) is 0.450. The number of aromatic nitrogens is 2. The van der Waals surface area contributed by atoms with Gasteiger partial charge in [-0.15, -0.1) is 0 Å². The third kappa shape index (κ3) is 5.02. The van der Waals surface area contributed by atoms with Crippen molar-refractivity contribution in [1.82, 2.24) is 9.97 Å². The maximum atomic E-state index is 12.5. The maximum absolute atomic E-state index is 12.5. The van der Waals surface area contributed by atoms with E-state index in [1.165, 1.54) is 24.7 Å². The Morgan fingerprint density at radius 1 is 1.27 bits per heavy atom. The molecule has 3 rings (SSSR count). The molecule has 1 aromatic carbocycles. The van der Waals surface area contributed by atoms with Crippen LogP contribution in [0.3, 0.4) is 0 Å². The summed E-state index contributed by atoms with van der Waals surface area (Å²) in [5.74, 6) is 1.27. The predicted octanol–water partition coefficient (Wildman–Crippen LogP) is 3.15. The van der Waals surface area contributed by atoms with Crippen LogP contribution in [0.15, 0.2) is 36.7 Å². The lowest BCUT2D eigenvalue weighted by atomic mass is 10.1. The van der Waals surface area contributed by atoms with Gasteiger partial charge in [-0.3, -0.25) is 4.79 Å². The number of methoxy groups -OCH3 is 1. The Morgan fingerprint density at radius 3 is 2.69 bits per heavy atom. The molecule has 1 aliphatic carbocycles. The van der Waals surface area contributed by atoms with Crippen LogP contribution in [0.25, 0.3) is 0 Å². The van der Waals surface area contributed by atoms with Gasteiger partial charge in [-0.1, -0.05) is 19.1 Å². The molecule has 6 nitrogen and oxygen atoms in total. The Hall–Kier alpha value is -2.47. The van der Waals surface area contributed by atoms with Gasteiger partial charge in [0, 0.05) is 32.0 Å². The van der Waals surface area contributed by atoms with Crippen LogP contribution < -0.4 is 10.2 Å². The van der Waals surface area contributed by atoms with Gasteiger partial charge >= 0.3 is 0 Å². The quantitative estimate of drug-likeness (QED) is 0.749. The lowest BCUT2D eigenvalue weighted by molar-refractivity contribution is 0.102. The monoisotopic (exact) mass is 354 g/mol. The molecule has 1 heterocycles. The van der Waals surface area contributed by atoms with Gasteiger partial charge in [0.2, 0.25) is 0 Å². The average molecular weight is 354 g/mol. The number of nitrogens with zero attached hydrogens (tertiary/aromatic N) is 3. The summed E-state index contributed by atoms with van der Waals surface area (Å²) >= 11 is 0. The van der Waals surface area contributed by atoms with E-state index in [0.717, 1.165) is 36.9 Å². The third-order valence-corrected chi connectivity index (χ3v) is 4.57. The molecule has 0 aliphatic heterocycles. The first-order chi connectivity index (χ1) is 12.7. The van der Waals surface area contributed by atoms with Gasteiger partial charge in [0.05, 0.1) is 6.61 Å². The number of hydrogen-bond donors (Lipinski definition) is 1. The molecule has 1 saturated carbocycles. The average Bonchev–Trinajstić information content (AvgIpc) is 3.50. The van der Waals surface area contributed by atoms with Crippen LogP contribution in [-0.2, 0) is 11.2 Å². The lowest BCUT2D eigenvalue weighted by Crippen LogP contribution is -2.30. The molecule has 1 N–H and O–H groups in total. The minimum Gasteiger partial charge on any atom is -0.383 e. The molecule has 26 heavy (non-hydrogen) atoms. The molecule has 0 spiro atoms. The molecule has 0 saturated heterocycles. The molecule has 0 unspecified atom stereocenters. The van der Waals surface area contributed by atoms with Crippen molar-refractivity contribution in [3.05, 3.63) is 47.9 Å². The first-order valence-electron chi connectivity index (χ1n) is 9.15.